The van der Waals surface area contributed by atoms with Crippen molar-refractivity contribution in [2.45, 2.75) is 19.8 Å². The zero-order valence-electron chi connectivity index (χ0n) is 13.7. The number of benzene rings is 1. The first kappa shape index (κ1) is 17.4. The average Bonchev–Trinajstić information content (AvgIpc) is 2.59. The van der Waals surface area contributed by atoms with Crippen molar-refractivity contribution < 1.29 is 18.7 Å². The van der Waals surface area contributed by atoms with Crippen molar-refractivity contribution in [2.24, 2.45) is 0 Å². The maximum atomic E-state index is 13.6. The number of carbonyl (C=O) groups is 2. The van der Waals surface area contributed by atoms with Gasteiger partial charge in [0, 0.05) is 44.6 Å². The summed E-state index contributed by atoms with van der Waals surface area (Å²) in [7, 11) is 1.37. The zero-order chi connectivity index (χ0) is 16.8. The smallest absolute Gasteiger partial charge is 0.223 e. The lowest BCUT2D eigenvalue weighted by Gasteiger charge is -2.34. The minimum absolute atomic E-state index is 0.0110. The third-order valence-electron chi connectivity index (χ3n) is 4.21. The van der Waals surface area contributed by atoms with Crippen molar-refractivity contribution in [3.8, 4) is 5.75 Å². The third-order valence-corrected chi connectivity index (χ3v) is 4.21. The number of methoxy groups -OCH3 is 1. The number of rotatable bonds is 6. The number of carbonyl (C=O) groups excluding carboxylic acids is 2. The van der Waals surface area contributed by atoms with Crippen LogP contribution in [0.25, 0.3) is 0 Å². The van der Waals surface area contributed by atoms with Gasteiger partial charge in [0.1, 0.15) is 0 Å². The van der Waals surface area contributed by atoms with Gasteiger partial charge < -0.3 is 14.5 Å². The van der Waals surface area contributed by atoms with E-state index in [1.807, 2.05) is 0 Å². The molecule has 1 aromatic rings. The maximum absolute atomic E-state index is 13.6. The average molecular weight is 322 g/mol. The summed E-state index contributed by atoms with van der Waals surface area (Å²) in [5.41, 5.74) is 0.270. The summed E-state index contributed by atoms with van der Waals surface area (Å²) >= 11 is 0. The van der Waals surface area contributed by atoms with Crippen LogP contribution in [0.4, 0.5) is 4.39 Å². The van der Waals surface area contributed by atoms with Gasteiger partial charge in [-0.3, -0.25) is 9.59 Å². The second-order valence-electron chi connectivity index (χ2n) is 5.59. The lowest BCUT2D eigenvalue weighted by molar-refractivity contribution is -0.132. The second kappa shape index (κ2) is 8.06. The molecule has 1 saturated heterocycles. The zero-order valence-corrected chi connectivity index (χ0v) is 13.7. The summed E-state index contributed by atoms with van der Waals surface area (Å²) in [4.78, 5) is 28.3. The molecule has 1 aliphatic heterocycles. The molecule has 0 atom stereocenters. The van der Waals surface area contributed by atoms with Gasteiger partial charge in [0.15, 0.2) is 17.3 Å². The van der Waals surface area contributed by atoms with Crippen LogP contribution in [0.15, 0.2) is 18.2 Å². The summed E-state index contributed by atoms with van der Waals surface area (Å²) in [6.07, 6.45) is 0.261. The molecule has 0 aliphatic carbocycles. The number of halogens is 1. The van der Waals surface area contributed by atoms with Crippen molar-refractivity contribution in [3.05, 3.63) is 29.6 Å². The van der Waals surface area contributed by atoms with Crippen LogP contribution in [0.1, 0.15) is 30.1 Å². The van der Waals surface area contributed by atoms with Gasteiger partial charge in [0.2, 0.25) is 5.91 Å². The highest BCUT2D eigenvalue weighted by Crippen LogP contribution is 2.19. The van der Waals surface area contributed by atoms with Crippen molar-refractivity contribution >= 4 is 11.7 Å². The fraction of sp³-hybridized carbons (Fsp3) is 0.529. The number of Topliss-reactive ketones (excluding diaryl/α,β-unsaturated/α-hetero) is 1. The van der Waals surface area contributed by atoms with Gasteiger partial charge in [-0.2, -0.15) is 0 Å². The number of ketones is 1. The summed E-state index contributed by atoms with van der Waals surface area (Å²) < 4.78 is 18.4. The second-order valence-corrected chi connectivity index (χ2v) is 5.59. The summed E-state index contributed by atoms with van der Waals surface area (Å²) in [5, 5.41) is 0. The molecule has 0 spiro atoms. The van der Waals surface area contributed by atoms with E-state index in [2.05, 4.69) is 11.8 Å². The summed E-state index contributed by atoms with van der Waals surface area (Å²) in [6, 6.07) is 4.11. The standard InChI is InChI=1S/C17H23FN2O3/c1-3-19-8-10-20(11-9-19)17(22)7-5-15(21)13-4-6-16(23-2)14(18)12-13/h4,6,12H,3,5,7-11H2,1-2H3. The van der Waals surface area contributed by atoms with E-state index < -0.39 is 5.82 Å². The minimum atomic E-state index is -0.569. The Morgan fingerprint density at radius 2 is 1.87 bits per heavy atom. The number of likely N-dealkylation sites (N-methyl/N-ethyl adjacent to an activating group) is 1. The predicted octanol–water partition coefficient (Wildman–Crippen LogP) is 1.96. The highest BCUT2D eigenvalue weighted by atomic mass is 19.1. The van der Waals surface area contributed by atoms with Gasteiger partial charge in [-0.15, -0.1) is 0 Å². The monoisotopic (exact) mass is 322 g/mol. The van der Waals surface area contributed by atoms with Gasteiger partial charge in [-0.05, 0) is 24.7 Å². The molecular weight excluding hydrogens is 299 g/mol. The third kappa shape index (κ3) is 4.51. The number of amides is 1. The first-order valence-corrected chi connectivity index (χ1v) is 7.92. The molecule has 5 nitrogen and oxygen atoms in total. The molecule has 0 N–H and O–H groups in total. The molecule has 1 amide bonds. The molecule has 1 fully saturated rings. The molecule has 0 aromatic heterocycles. The largest absolute Gasteiger partial charge is 0.494 e. The van der Waals surface area contributed by atoms with E-state index in [-0.39, 0.29) is 35.8 Å². The van der Waals surface area contributed by atoms with Crippen LogP contribution in [0.2, 0.25) is 0 Å². The summed E-state index contributed by atoms with van der Waals surface area (Å²) in [6.45, 7) is 6.25. The molecule has 1 heterocycles. The molecule has 0 bridgehead atoms. The predicted molar refractivity (Wildman–Crippen MR) is 85.2 cm³/mol. The summed E-state index contributed by atoms with van der Waals surface area (Å²) in [5.74, 6) is -0.707. The van der Waals surface area contributed by atoms with Gasteiger partial charge in [-0.1, -0.05) is 6.92 Å². The lowest BCUT2D eigenvalue weighted by atomic mass is 10.1. The van der Waals surface area contributed by atoms with E-state index in [4.69, 9.17) is 4.74 Å². The number of hydrogen-bond donors (Lipinski definition) is 0. The Kier molecular flexibility index (Phi) is 6.10. The van der Waals surface area contributed by atoms with Crippen LogP contribution in [0.3, 0.4) is 0 Å². The quantitative estimate of drug-likeness (QED) is 0.751. The number of nitrogens with zero attached hydrogens (tertiary/aromatic N) is 2. The molecular formula is C17H23FN2O3. The Morgan fingerprint density at radius 1 is 1.17 bits per heavy atom. The van der Waals surface area contributed by atoms with Crippen molar-refractivity contribution in [2.75, 3.05) is 39.8 Å². The molecule has 23 heavy (non-hydrogen) atoms. The van der Waals surface area contributed by atoms with Crippen LogP contribution in [-0.2, 0) is 4.79 Å². The first-order valence-electron chi connectivity index (χ1n) is 7.92. The molecule has 126 valence electrons. The van der Waals surface area contributed by atoms with Crippen LogP contribution >= 0.6 is 0 Å². The van der Waals surface area contributed by atoms with Crippen LogP contribution < -0.4 is 4.74 Å². The van der Waals surface area contributed by atoms with Gasteiger partial charge in [0.05, 0.1) is 7.11 Å². The Labute approximate surface area is 136 Å². The molecule has 0 radical (unpaired) electrons. The van der Waals surface area contributed by atoms with Crippen molar-refractivity contribution in [1.82, 2.24) is 9.80 Å². The van der Waals surface area contributed by atoms with E-state index in [9.17, 15) is 14.0 Å². The molecule has 1 aromatic carbocycles. The number of ether oxygens (including phenoxy) is 1. The van der Waals surface area contributed by atoms with E-state index in [0.717, 1.165) is 25.7 Å². The van der Waals surface area contributed by atoms with Gasteiger partial charge in [0.25, 0.3) is 0 Å². The maximum Gasteiger partial charge on any atom is 0.223 e. The molecule has 0 unspecified atom stereocenters. The fourth-order valence-electron chi connectivity index (χ4n) is 2.68. The Balaban J connectivity index is 1.84. The minimum Gasteiger partial charge on any atom is -0.494 e. The Morgan fingerprint density at radius 3 is 2.43 bits per heavy atom. The highest BCUT2D eigenvalue weighted by molar-refractivity contribution is 5.98. The Bertz CT molecular complexity index is 569. The van der Waals surface area contributed by atoms with E-state index >= 15 is 0 Å². The molecule has 2 rings (SSSR count). The van der Waals surface area contributed by atoms with E-state index in [1.165, 1.54) is 19.2 Å². The van der Waals surface area contributed by atoms with E-state index in [1.54, 1.807) is 4.90 Å². The number of hydrogen-bond acceptors (Lipinski definition) is 4. The normalized spacial score (nSPS) is 15.5. The van der Waals surface area contributed by atoms with Crippen molar-refractivity contribution in [1.29, 1.82) is 0 Å². The molecule has 1 aliphatic rings. The van der Waals surface area contributed by atoms with Gasteiger partial charge in [-0.25, -0.2) is 4.39 Å². The lowest BCUT2D eigenvalue weighted by Crippen LogP contribution is -2.48. The highest BCUT2D eigenvalue weighted by Gasteiger charge is 2.21. The van der Waals surface area contributed by atoms with Gasteiger partial charge >= 0.3 is 0 Å². The topological polar surface area (TPSA) is 49.9 Å². The first-order chi connectivity index (χ1) is 11.0. The molecule has 0 saturated carbocycles. The molecule has 6 heteroatoms. The number of piperazine rings is 1. The van der Waals surface area contributed by atoms with Crippen LogP contribution in [0, 0.1) is 5.82 Å². The van der Waals surface area contributed by atoms with Crippen LogP contribution in [0.5, 0.6) is 5.75 Å². The van der Waals surface area contributed by atoms with Crippen LogP contribution in [-0.4, -0.2) is 61.3 Å². The fourth-order valence-corrected chi connectivity index (χ4v) is 2.68. The van der Waals surface area contributed by atoms with E-state index in [0.29, 0.717) is 13.1 Å². The SMILES string of the molecule is CCN1CCN(C(=O)CCC(=O)c2ccc(OC)c(F)c2)CC1. The van der Waals surface area contributed by atoms with Crippen molar-refractivity contribution in [3.63, 3.8) is 0 Å². The Hall–Kier alpha value is -1.95.